The number of nitrogens with one attached hydrogen (secondary N) is 2. The average Bonchev–Trinajstić information content (AvgIpc) is 3.33. The van der Waals surface area contributed by atoms with E-state index in [9.17, 15) is 9.59 Å². The van der Waals surface area contributed by atoms with Gasteiger partial charge in [-0.15, -0.1) is 0 Å². The number of urea groups is 1. The molecule has 1 aliphatic heterocycles. The van der Waals surface area contributed by atoms with Gasteiger partial charge in [0.15, 0.2) is 0 Å². The predicted octanol–water partition coefficient (Wildman–Crippen LogP) is 2.86. The highest BCUT2D eigenvalue weighted by atomic mass is 16.2. The van der Waals surface area contributed by atoms with Crippen LogP contribution in [0, 0.1) is 0 Å². The highest BCUT2D eigenvalue weighted by Crippen LogP contribution is 2.17. The summed E-state index contributed by atoms with van der Waals surface area (Å²) in [6, 6.07) is 8.98. The standard InChI is InChI=1S/C20H27N5O2/c1-3-17(18-10-11-21-24(18)2)23-20(27)22-16-8-6-15(7-9-16)14-19(26)25-12-4-5-13-25/h6-11,17H,3-5,12-14H2,1-2H3,(H2,22,23,27)/t17-/m1/s1. The van der Waals surface area contributed by atoms with Crippen molar-refractivity contribution in [1.82, 2.24) is 20.0 Å². The third-order valence-corrected chi connectivity index (χ3v) is 4.96. The van der Waals surface area contributed by atoms with Crippen LogP contribution in [-0.2, 0) is 18.3 Å². The van der Waals surface area contributed by atoms with Crippen molar-refractivity contribution < 1.29 is 9.59 Å². The van der Waals surface area contributed by atoms with Gasteiger partial charge in [-0.2, -0.15) is 5.10 Å². The quantitative estimate of drug-likeness (QED) is 0.822. The van der Waals surface area contributed by atoms with Crippen molar-refractivity contribution in [3.63, 3.8) is 0 Å². The Bertz CT molecular complexity index is 778. The highest BCUT2D eigenvalue weighted by molar-refractivity contribution is 5.89. The number of anilines is 1. The van der Waals surface area contributed by atoms with Gasteiger partial charge in [-0.25, -0.2) is 4.79 Å². The predicted molar refractivity (Wildman–Crippen MR) is 104 cm³/mol. The lowest BCUT2D eigenvalue weighted by Crippen LogP contribution is -2.33. The minimum absolute atomic E-state index is 0.102. The van der Waals surface area contributed by atoms with Crippen molar-refractivity contribution in [3.8, 4) is 0 Å². The minimum atomic E-state index is -0.260. The molecule has 0 saturated carbocycles. The van der Waals surface area contributed by atoms with E-state index in [4.69, 9.17) is 0 Å². The molecule has 1 saturated heterocycles. The van der Waals surface area contributed by atoms with E-state index in [1.807, 2.05) is 49.2 Å². The Morgan fingerprint density at radius 1 is 1.15 bits per heavy atom. The molecule has 144 valence electrons. The molecular formula is C20H27N5O2. The number of amides is 3. The maximum atomic E-state index is 12.3. The number of aryl methyl sites for hydroxylation is 1. The second kappa shape index (κ2) is 8.70. The molecule has 0 aliphatic carbocycles. The Balaban J connectivity index is 1.53. The van der Waals surface area contributed by atoms with Gasteiger partial charge in [-0.05, 0) is 43.0 Å². The van der Waals surface area contributed by atoms with Crippen LogP contribution in [0.3, 0.4) is 0 Å². The summed E-state index contributed by atoms with van der Waals surface area (Å²) in [5.41, 5.74) is 2.62. The Kier molecular flexibility index (Phi) is 6.11. The van der Waals surface area contributed by atoms with Gasteiger partial charge in [-0.1, -0.05) is 19.1 Å². The van der Waals surface area contributed by atoms with Crippen LogP contribution in [0.5, 0.6) is 0 Å². The van der Waals surface area contributed by atoms with Crippen molar-refractivity contribution in [2.45, 2.75) is 38.6 Å². The van der Waals surface area contributed by atoms with Crippen LogP contribution in [0.1, 0.15) is 43.5 Å². The zero-order chi connectivity index (χ0) is 19.2. The molecule has 0 radical (unpaired) electrons. The van der Waals surface area contributed by atoms with Gasteiger partial charge in [0.1, 0.15) is 0 Å². The van der Waals surface area contributed by atoms with Crippen LogP contribution in [0.2, 0.25) is 0 Å². The van der Waals surface area contributed by atoms with Crippen LogP contribution in [0.15, 0.2) is 36.5 Å². The number of hydrogen-bond donors (Lipinski definition) is 2. The second-order valence-corrected chi connectivity index (χ2v) is 6.90. The summed E-state index contributed by atoms with van der Waals surface area (Å²) in [6.45, 7) is 3.76. The van der Waals surface area contributed by atoms with Gasteiger partial charge in [0.25, 0.3) is 0 Å². The third-order valence-electron chi connectivity index (χ3n) is 4.96. The number of likely N-dealkylation sites (tertiary alicyclic amines) is 1. The zero-order valence-corrected chi connectivity index (χ0v) is 15.9. The molecule has 2 N–H and O–H groups in total. The van der Waals surface area contributed by atoms with Crippen molar-refractivity contribution in [2.75, 3.05) is 18.4 Å². The SMILES string of the molecule is CC[C@@H](NC(=O)Nc1ccc(CC(=O)N2CCCC2)cc1)c1ccnn1C. The van der Waals surface area contributed by atoms with Gasteiger partial charge < -0.3 is 15.5 Å². The molecule has 27 heavy (non-hydrogen) atoms. The first-order chi connectivity index (χ1) is 13.1. The molecule has 1 atom stereocenters. The van der Waals surface area contributed by atoms with Gasteiger partial charge in [0.05, 0.1) is 18.2 Å². The number of benzene rings is 1. The first-order valence-electron chi connectivity index (χ1n) is 9.49. The fourth-order valence-electron chi connectivity index (χ4n) is 3.40. The van der Waals surface area contributed by atoms with E-state index >= 15 is 0 Å². The molecule has 7 nitrogen and oxygen atoms in total. The maximum absolute atomic E-state index is 12.3. The van der Waals surface area contributed by atoms with Crippen molar-refractivity contribution in [3.05, 3.63) is 47.8 Å². The molecule has 2 aromatic rings. The maximum Gasteiger partial charge on any atom is 0.319 e. The smallest absolute Gasteiger partial charge is 0.319 e. The number of carbonyl (C=O) groups excluding carboxylic acids is 2. The van der Waals surface area contributed by atoms with Crippen LogP contribution in [0.4, 0.5) is 10.5 Å². The first-order valence-corrected chi connectivity index (χ1v) is 9.49. The fourth-order valence-corrected chi connectivity index (χ4v) is 3.40. The number of hydrogen-bond acceptors (Lipinski definition) is 3. The average molecular weight is 369 g/mol. The van der Waals surface area contributed by atoms with E-state index in [1.54, 1.807) is 10.9 Å². The molecule has 1 fully saturated rings. The molecule has 0 spiro atoms. The van der Waals surface area contributed by atoms with Crippen LogP contribution in [-0.4, -0.2) is 39.7 Å². The Hall–Kier alpha value is -2.83. The highest BCUT2D eigenvalue weighted by Gasteiger charge is 2.18. The van der Waals surface area contributed by atoms with E-state index in [0.717, 1.165) is 43.6 Å². The molecule has 1 aromatic carbocycles. The van der Waals surface area contributed by atoms with E-state index in [-0.39, 0.29) is 18.0 Å². The van der Waals surface area contributed by atoms with Crippen LogP contribution < -0.4 is 10.6 Å². The van der Waals surface area contributed by atoms with Gasteiger partial charge >= 0.3 is 6.03 Å². The van der Waals surface area contributed by atoms with Crippen molar-refractivity contribution in [2.24, 2.45) is 7.05 Å². The Labute approximate surface area is 159 Å². The monoisotopic (exact) mass is 369 g/mol. The normalized spacial score (nSPS) is 14.8. The van der Waals surface area contributed by atoms with Gasteiger partial charge in [0, 0.05) is 32.0 Å². The summed E-state index contributed by atoms with van der Waals surface area (Å²) in [5.74, 6) is 0.174. The van der Waals surface area contributed by atoms with Crippen molar-refractivity contribution >= 4 is 17.6 Å². The topological polar surface area (TPSA) is 79.3 Å². The molecule has 3 rings (SSSR count). The lowest BCUT2D eigenvalue weighted by Gasteiger charge is -2.18. The molecule has 1 aromatic heterocycles. The van der Waals surface area contributed by atoms with Crippen LogP contribution in [0.25, 0.3) is 0 Å². The van der Waals surface area contributed by atoms with E-state index in [1.165, 1.54) is 0 Å². The van der Waals surface area contributed by atoms with Gasteiger partial charge in [-0.3, -0.25) is 9.48 Å². The Morgan fingerprint density at radius 2 is 1.85 bits per heavy atom. The van der Waals surface area contributed by atoms with Crippen LogP contribution >= 0.6 is 0 Å². The third kappa shape index (κ3) is 4.87. The summed E-state index contributed by atoms with van der Waals surface area (Å²) in [6.07, 6.45) is 5.09. The fraction of sp³-hybridized carbons (Fsp3) is 0.450. The largest absolute Gasteiger partial charge is 0.342 e. The number of nitrogens with zero attached hydrogens (tertiary/aromatic N) is 3. The lowest BCUT2D eigenvalue weighted by atomic mass is 10.1. The van der Waals surface area contributed by atoms with E-state index < -0.39 is 0 Å². The summed E-state index contributed by atoms with van der Waals surface area (Å²) >= 11 is 0. The Morgan fingerprint density at radius 3 is 2.44 bits per heavy atom. The van der Waals surface area contributed by atoms with E-state index in [0.29, 0.717) is 12.1 Å². The first kappa shape index (κ1) is 18.9. The molecule has 1 aliphatic rings. The number of carbonyl (C=O) groups is 2. The second-order valence-electron chi connectivity index (χ2n) is 6.90. The number of rotatable bonds is 6. The lowest BCUT2D eigenvalue weighted by molar-refractivity contribution is -0.129. The molecule has 7 heteroatoms. The summed E-state index contributed by atoms with van der Waals surface area (Å²) < 4.78 is 1.76. The molecule has 0 unspecified atom stereocenters. The van der Waals surface area contributed by atoms with Crippen molar-refractivity contribution in [1.29, 1.82) is 0 Å². The zero-order valence-electron chi connectivity index (χ0n) is 15.9. The molecule has 3 amide bonds. The minimum Gasteiger partial charge on any atom is -0.342 e. The summed E-state index contributed by atoms with van der Waals surface area (Å²) in [7, 11) is 1.86. The molecule has 0 bridgehead atoms. The summed E-state index contributed by atoms with van der Waals surface area (Å²) in [5, 5.41) is 9.97. The van der Waals surface area contributed by atoms with Gasteiger partial charge in [0.2, 0.25) is 5.91 Å². The molecule has 2 heterocycles. The van der Waals surface area contributed by atoms with E-state index in [2.05, 4.69) is 15.7 Å². The number of aromatic nitrogens is 2. The summed E-state index contributed by atoms with van der Waals surface area (Å²) in [4.78, 5) is 26.4. The molecular weight excluding hydrogens is 342 g/mol.